The number of ether oxygens (including phenoxy) is 2. The number of methoxy groups -OCH3 is 1. The lowest BCUT2D eigenvalue weighted by Crippen LogP contribution is -2.35. The van der Waals surface area contributed by atoms with E-state index in [1.165, 1.54) is 7.11 Å². The summed E-state index contributed by atoms with van der Waals surface area (Å²) < 4.78 is 11.0. The smallest absolute Gasteiger partial charge is 0.410 e. The molecule has 1 heterocycles. The van der Waals surface area contributed by atoms with Crippen molar-refractivity contribution in [3.8, 4) is 5.75 Å². The number of aromatic hydroxyl groups is 1. The third kappa shape index (κ3) is 4.87. The highest BCUT2D eigenvalue weighted by Gasteiger charge is 2.40. The highest BCUT2D eigenvalue weighted by atomic mass is 79.9. The molecule has 0 spiro atoms. The van der Waals surface area contributed by atoms with Gasteiger partial charge in [-0.2, -0.15) is 0 Å². The van der Waals surface area contributed by atoms with E-state index in [2.05, 4.69) is 15.9 Å². The molecule has 1 aliphatic rings. The Bertz CT molecular complexity index is 635. The summed E-state index contributed by atoms with van der Waals surface area (Å²) in [5.41, 5.74) is 0.102. The molecule has 0 aliphatic carbocycles. The number of carbonyl (C=O) groups is 2. The molecule has 0 saturated carbocycles. The van der Waals surface area contributed by atoms with Gasteiger partial charge < -0.3 is 19.5 Å². The first-order chi connectivity index (χ1) is 11.6. The average Bonchev–Trinajstić information content (AvgIpc) is 2.89. The second-order valence-corrected chi connectivity index (χ2v) is 8.06. The summed E-state index contributed by atoms with van der Waals surface area (Å²) in [5.74, 6) is -0.556. The molecule has 0 bridgehead atoms. The van der Waals surface area contributed by atoms with Gasteiger partial charge in [-0.25, -0.2) is 4.79 Å². The number of carbonyl (C=O) groups excluding carboxylic acids is 2. The second-order valence-electron chi connectivity index (χ2n) is 7.20. The predicted octanol–water partition coefficient (Wildman–Crippen LogP) is 3.67. The minimum atomic E-state index is -0.595. The second kappa shape index (κ2) is 7.64. The molecule has 2 rings (SSSR count). The third-order valence-electron chi connectivity index (χ3n) is 4.15. The number of likely N-dealkylation sites (tertiary alicyclic amines) is 1. The topological polar surface area (TPSA) is 76.1 Å². The first-order valence-corrected chi connectivity index (χ1v) is 8.93. The largest absolute Gasteiger partial charge is 0.508 e. The van der Waals surface area contributed by atoms with Crippen LogP contribution in [-0.2, 0) is 14.3 Å². The van der Waals surface area contributed by atoms with Crippen molar-refractivity contribution >= 4 is 28.0 Å². The molecular weight excluding hydrogens is 390 g/mol. The van der Waals surface area contributed by atoms with E-state index < -0.39 is 11.7 Å². The van der Waals surface area contributed by atoms with Gasteiger partial charge in [0, 0.05) is 29.0 Å². The van der Waals surface area contributed by atoms with Gasteiger partial charge in [0.05, 0.1) is 13.5 Å². The summed E-state index contributed by atoms with van der Waals surface area (Å²) >= 11 is 3.46. The van der Waals surface area contributed by atoms with Gasteiger partial charge in [-0.3, -0.25) is 4.79 Å². The number of nitrogens with zero attached hydrogens (tertiary/aromatic N) is 1. The van der Waals surface area contributed by atoms with Crippen molar-refractivity contribution in [3.63, 3.8) is 0 Å². The van der Waals surface area contributed by atoms with Gasteiger partial charge in [0.25, 0.3) is 0 Å². The van der Waals surface area contributed by atoms with Crippen LogP contribution >= 0.6 is 15.9 Å². The Labute approximate surface area is 156 Å². The van der Waals surface area contributed by atoms with Gasteiger partial charge in [-0.1, -0.05) is 22.0 Å². The molecular formula is C18H24BrNO5. The van der Waals surface area contributed by atoms with Crippen LogP contribution in [0.5, 0.6) is 5.75 Å². The summed E-state index contributed by atoms with van der Waals surface area (Å²) in [5, 5.41) is 10.3. The number of amides is 1. The lowest BCUT2D eigenvalue weighted by molar-refractivity contribution is -0.141. The van der Waals surface area contributed by atoms with E-state index in [9.17, 15) is 14.7 Å². The maximum absolute atomic E-state index is 12.4. The number of phenolic OH excluding ortho intramolecular Hbond substituents is 1. The van der Waals surface area contributed by atoms with Crippen molar-refractivity contribution < 1.29 is 24.2 Å². The lowest BCUT2D eigenvalue weighted by atomic mass is 9.86. The Morgan fingerprint density at radius 1 is 1.32 bits per heavy atom. The Kier molecular flexibility index (Phi) is 5.98. The van der Waals surface area contributed by atoms with E-state index >= 15 is 0 Å². The van der Waals surface area contributed by atoms with Crippen molar-refractivity contribution in [2.45, 2.75) is 38.7 Å². The van der Waals surface area contributed by atoms with Gasteiger partial charge in [0.1, 0.15) is 11.4 Å². The maximum Gasteiger partial charge on any atom is 0.410 e. The van der Waals surface area contributed by atoms with Crippen LogP contribution in [-0.4, -0.2) is 47.9 Å². The van der Waals surface area contributed by atoms with Crippen LogP contribution < -0.4 is 0 Å². The van der Waals surface area contributed by atoms with Crippen LogP contribution in [0.25, 0.3) is 0 Å². The highest BCUT2D eigenvalue weighted by Crippen LogP contribution is 2.42. The van der Waals surface area contributed by atoms with Crippen LogP contribution in [0.2, 0.25) is 0 Å². The Morgan fingerprint density at radius 3 is 2.56 bits per heavy atom. The van der Waals surface area contributed by atoms with Crippen molar-refractivity contribution in [2.24, 2.45) is 5.92 Å². The zero-order chi connectivity index (χ0) is 18.8. The molecule has 0 radical (unpaired) electrons. The zero-order valence-electron chi connectivity index (χ0n) is 14.9. The molecule has 1 aromatic rings. The maximum atomic E-state index is 12.4. The van der Waals surface area contributed by atoms with Gasteiger partial charge >= 0.3 is 12.1 Å². The summed E-state index contributed by atoms with van der Waals surface area (Å²) in [4.78, 5) is 25.8. The van der Waals surface area contributed by atoms with Gasteiger partial charge in [0.15, 0.2) is 0 Å². The van der Waals surface area contributed by atoms with Crippen molar-refractivity contribution in [1.82, 2.24) is 4.90 Å². The van der Waals surface area contributed by atoms with E-state index in [4.69, 9.17) is 9.47 Å². The molecule has 0 unspecified atom stereocenters. The van der Waals surface area contributed by atoms with Crippen molar-refractivity contribution in [3.05, 3.63) is 28.2 Å². The fourth-order valence-corrected chi connectivity index (χ4v) is 3.72. The predicted molar refractivity (Wildman–Crippen MR) is 96.5 cm³/mol. The lowest BCUT2D eigenvalue weighted by Gasteiger charge is -2.24. The van der Waals surface area contributed by atoms with E-state index in [-0.39, 0.29) is 30.0 Å². The first kappa shape index (κ1) is 19.6. The molecule has 1 N–H and O–H groups in total. The molecule has 6 nitrogen and oxygen atoms in total. The van der Waals surface area contributed by atoms with Crippen LogP contribution in [0.15, 0.2) is 22.7 Å². The van der Waals surface area contributed by atoms with E-state index in [0.29, 0.717) is 18.7 Å². The quantitative estimate of drug-likeness (QED) is 0.764. The van der Waals surface area contributed by atoms with Gasteiger partial charge in [0.2, 0.25) is 0 Å². The monoisotopic (exact) mass is 413 g/mol. The SMILES string of the molecule is COC(=O)C[C@@H]1CN(C(=O)OC(C)(C)C)C[C@H]1c1c(O)cccc1Br. The van der Waals surface area contributed by atoms with Crippen LogP contribution in [0.3, 0.4) is 0 Å². The normalized spacial score (nSPS) is 20.4. The molecule has 1 fully saturated rings. The number of hydrogen-bond donors (Lipinski definition) is 1. The fraction of sp³-hybridized carbons (Fsp3) is 0.556. The standard InChI is InChI=1S/C18H24BrNO5/c1-18(2,3)25-17(23)20-9-11(8-15(22)24-4)12(10-20)16-13(19)6-5-7-14(16)21/h5-7,11-12,21H,8-10H2,1-4H3/t11-,12-/m1/s1. The Hall–Kier alpha value is -1.76. The molecule has 25 heavy (non-hydrogen) atoms. The minimum Gasteiger partial charge on any atom is -0.508 e. The van der Waals surface area contributed by atoms with Crippen molar-refractivity contribution in [1.29, 1.82) is 0 Å². The van der Waals surface area contributed by atoms with Gasteiger partial charge in [-0.15, -0.1) is 0 Å². The van der Waals surface area contributed by atoms with Crippen LogP contribution in [0, 0.1) is 5.92 Å². The van der Waals surface area contributed by atoms with E-state index in [1.807, 2.05) is 26.8 Å². The molecule has 7 heteroatoms. The number of halogens is 1. The number of hydrogen-bond acceptors (Lipinski definition) is 5. The summed E-state index contributed by atoms with van der Waals surface area (Å²) in [6.07, 6.45) is -0.252. The summed E-state index contributed by atoms with van der Waals surface area (Å²) in [6, 6.07) is 5.17. The number of benzene rings is 1. The van der Waals surface area contributed by atoms with Crippen LogP contribution in [0.4, 0.5) is 4.79 Å². The van der Waals surface area contributed by atoms with Crippen LogP contribution in [0.1, 0.15) is 38.7 Å². The van der Waals surface area contributed by atoms with E-state index in [0.717, 1.165) is 4.47 Å². The molecule has 1 aliphatic heterocycles. The van der Waals surface area contributed by atoms with Crippen molar-refractivity contribution in [2.75, 3.05) is 20.2 Å². The molecule has 2 atom stereocenters. The van der Waals surface area contributed by atoms with E-state index in [1.54, 1.807) is 17.0 Å². The molecule has 1 aromatic carbocycles. The Morgan fingerprint density at radius 2 is 2.00 bits per heavy atom. The number of rotatable bonds is 3. The summed E-state index contributed by atoms with van der Waals surface area (Å²) in [6.45, 7) is 6.17. The average molecular weight is 414 g/mol. The zero-order valence-corrected chi connectivity index (χ0v) is 16.5. The molecule has 1 amide bonds. The minimum absolute atomic E-state index is 0.139. The molecule has 138 valence electrons. The fourth-order valence-electron chi connectivity index (χ4n) is 3.07. The van der Waals surface area contributed by atoms with Gasteiger partial charge in [-0.05, 0) is 38.8 Å². The Balaban J connectivity index is 2.28. The first-order valence-electron chi connectivity index (χ1n) is 8.14. The molecule has 0 aromatic heterocycles. The summed E-state index contributed by atoms with van der Waals surface area (Å²) in [7, 11) is 1.34. The third-order valence-corrected chi connectivity index (χ3v) is 4.84. The molecule has 1 saturated heterocycles. The number of esters is 1. The highest BCUT2D eigenvalue weighted by molar-refractivity contribution is 9.10. The number of phenols is 1.